The fraction of sp³-hybridized carbons (Fsp3) is 0.467. The SMILES string of the molecule is CCCOc1cccc2c1nc(N)n2CC1CCC(=O)N1. The monoisotopic (exact) mass is 288 g/mol. The highest BCUT2D eigenvalue weighted by atomic mass is 16.5. The zero-order chi connectivity index (χ0) is 14.8. The lowest BCUT2D eigenvalue weighted by Gasteiger charge is -2.13. The molecule has 1 saturated heterocycles. The second kappa shape index (κ2) is 5.63. The molecule has 1 atom stereocenters. The second-order valence-corrected chi connectivity index (χ2v) is 5.36. The number of ether oxygens (including phenoxy) is 1. The number of anilines is 1. The number of nitrogens with zero attached hydrogens (tertiary/aromatic N) is 2. The van der Waals surface area contributed by atoms with E-state index in [-0.39, 0.29) is 11.9 Å². The summed E-state index contributed by atoms with van der Waals surface area (Å²) >= 11 is 0. The van der Waals surface area contributed by atoms with Gasteiger partial charge in [0.05, 0.1) is 12.1 Å². The quantitative estimate of drug-likeness (QED) is 0.877. The summed E-state index contributed by atoms with van der Waals surface area (Å²) in [5.74, 6) is 1.32. The van der Waals surface area contributed by atoms with E-state index >= 15 is 0 Å². The van der Waals surface area contributed by atoms with Crippen molar-refractivity contribution < 1.29 is 9.53 Å². The number of amides is 1. The van der Waals surface area contributed by atoms with Crippen molar-refractivity contribution in [2.24, 2.45) is 0 Å². The minimum Gasteiger partial charge on any atom is -0.491 e. The molecular weight excluding hydrogens is 268 g/mol. The third-order valence-electron chi connectivity index (χ3n) is 3.72. The molecule has 1 aromatic heterocycles. The molecule has 6 heteroatoms. The van der Waals surface area contributed by atoms with Crippen molar-refractivity contribution in [3.63, 3.8) is 0 Å². The molecule has 1 aliphatic heterocycles. The molecule has 0 radical (unpaired) electrons. The van der Waals surface area contributed by atoms with Crippen molar-refractivity contribution in [3.05, 3.63) is 18.2 Å². The molecule has 0 bridgehead atoms. The van der Waals surface area contributed by atoms with Crippen LogP contribution in [0.5, 0.6) is 5.75 Å². The number of nitrogen functional groups attached to an aromatic ring is 1. The summed E-state index contributed by atoms with van der Waals surface area (Å²) in [6.07, 6.45) is 2.37. The summed E-state index contributed by atoms with van der Waals surface area (Å²) in [5, 5.41) is 2.96. The van der Waals surface area contributed by atoms with Crippen LogP contribution in [0.2, 0.25) is 0 Å². The Balaban J connectivity index is 1.91. The molecule has 3 N–H and O–H groups in total. The van der Waals surface area contributed by atoms with Crippen LogP contribution < -0.4 is 15.8 Å². The van der Waals surface area contributed by atoms with Gasteiger partial charge in [-0.15, -0.1) is 0 Å². The van der Waals surface area contributed by atoms with E-state index in [0.29, 0.717) is 25.5 Å². The van der Waals surface area contributed by atoms with Gasteiger partial charge in [-0.25, -0.2) is 4.98 Å². The van der Waals surface area contributed by atoms with Gasteiger partial charge in [-0.05, 0) is 25.0 Å². The van der Waals surface area contributed by atoms with E-state index < -0.39 is 0 Å². The maximum atomic E-state index is 11.3. The first kappa shape index (κ1) is 13.7. The number of benzene rings is 1. The van der Waals surface area contributed by atoms with E-state index in [9.17, 15) is 4.79 Å². The topological polar surface area (TPSA) is 82.2 Å². The van der Waals surface area contributed by atoms with E-state index in [1.54, 1.807) is 0 Å². The number of para-hydroxylation sites is 1. The molecule has 21 heavy (non-hydrogen) atoms. The number of hydrogen-bond donors (Lipinski definition) is 2. The third-order valence-corrected chi connectivity index (χ3v) is 3.72. The molecule has 1 amide bonds. The first-order valence-corrected chi connectivity index (χ1v) is 7.36. The van der Waals surface area contributed by atoms with Crippen LogP contribution in [-0.4, -0.2) is 28.1 Å². The van der Waals surface area contributed by atoms with Crippen molar-refractivity contribution in [3.8, 4) is 5.75 Å². The van der Waals surface area contributed by atoms with Crippen LogP contribution in [0.15, 0.2) is 18.2 Å². The Hall–Kier alpha value is -2.24. The van der Waals surface area contributed by atoms with Gasteiger partial charge in [-0.2, -0.15) is 0 Å². The largest absolute Gasteiger partial charge is 0.491 e. The van der Waals surface area contributed by atoms with Crippen molar-refractivity contribution >= 4 is 22.9 Å². The van der Waals surface area contributed by atoms with E-state index in [1.807, 2.05) is 22.8 Å². The number of nitrogens with two attached hydrogens (primary N) is 1. The van der Waals surface area contributed by atoms with Gasteiger partial charge in [0.25, 0.3) is 0 Å². The number of fused-ring (bicyclic) bond motifs is 1. The average molecular weight is 288 g/mol. The van der Waals surface area contributed by atoms with Gasteiger partial charge in [0.15, 0.2) is 0 Å². The zero-order valence-corrected chi connectivity index (χ0v) is 12.1. The summed E-state index contributed by atoms with van der Waals surface area (Å²) in [5.41, 5.74) is 7.78. The van der Waals surface area contributed by atoms with Crippen LogP contribution in [0.1, 0.15) is 26.2 Å². The molecule has 0 aliphatic carbocycles. The average Bonchev–Trinajstić information content (AvgIpc) is 3.02. The van der Waals surface area contributed by atoms with Crippen molar-refractivity contribution in [2.45, 2.75) is 38.8 Å². The van der Waals surface area contributed by atoms with Gasteiger partial charge in [0, 0.05) is 19.0 Å². The lowest BCUT2D eigenvalue weighted by molar-refractivity contribution is -0.119. The van der Waals surface area contributed by atoms with Crippen LogP contribution in [-0.2, 0) is 11.3 Å². The lowest BCUT2D eigenvalue weighted by atomic mass is 10.2. The fourth-order valence-corrected chi connectivity index (χ4v) is 2.69. The van der Waals surface area contributed by atoms with Gasteiger partial charge in [-0.1, -0.05) is 13.0 Å². The lowest BCUT2D eigenvalue weighted by Crippen LogP contribution is -2.29. The highest BCUT2D eigenvalue weighted by Gasteiger charge is 2.23. The number of carbonyl (C=O) groups is 1. The molecule has 0 saturated carbocycles. The van der Waals surface area contributed by atoms with Crippen molar-refractivity contribution in [1.82, 2.24) is 14.9 Å². The van der Waals surface area contributed by atoms with E-state index in [4.69, 9.17) is 10.5 Å². The maximum Gasteiger partial charge on any atom is 0.220 e. The maximum absolute atomic E-state index is 11.3. The highest BCUT2D eigenvalue weighted by molar-refractivity contribution is 5.84. The van der Waals surface area contributed by atoms with Gasteiger partial charge in [0.2, 0.25) is 11.9 Å². The number of rotatable bonds is 5. The first-order valence-electron chi connectivity index (χ1n) is 7.36. The van der Waals surface area contributed by atoms with Gasteiger partial charge in [0.1, 0.15) is 11.3 Å². The number of nitrogens with one attached hydrogen (secondary N) is 1. The van der Waals surface area contributed by atoms with Crippen molar-refractivity contribution in [2.75, 3.05) is 12.3 Å². The van der Waals surface area contributed by atoms with Gasteiger partial charge in [-0.3, -0.25) is 4.79 Å². The van der Waals surface area contributed by atoms with Crippen LogP contribution in [0.25, 0.3) is 11.0 Å². The molecule has 1 fully saturated rings. The van der Waals surface area contributed by atoms with Crippen LogP contribution in [0.4, 0.5) is 5.95 Å². The third kappa shape index (κ3) is 2.66. The normalized spacial score (nSPS) is 18.1. The summed E-state index contributed by atoms with van der Waals surface area (Å²) in [4.78, 5) is 15.7. The summed E-state index contributed by atoms with van der Waals surface area (Å²) in [6, 6.07) is 5.95. The van der Waals surface area contributed by atoms with E-state index in [0.717, 1.165) is 29.6 Å². The van der Waals surface area contributed by atoms with Crippen LogP contribution in [0, 0.1) is 0 Å². The molecule has 1 aliphatic rings. The Morgan fingerprint density at radius 3 is 3.10 bits per heavy atom. The summed E-state index contributed by atoms with van der Waals surface area (Å²) in [6.45, 7) is 3.37. The molecule has 1 aromatic carbocycles. The smallest absolute Gasteiger partial charge is 0.220 e. The molecule has 2 aromatic rings. The van der Waals surface area contributed by atoms with Gasteiger partial charge >= 0.3 is 0 Å². The number of carbonyl (C=O) groups excluding carboxylic acids is 1. The Morgan fingerprint density at radius 2 is 2.38 bits per heavy atom. The zero-order valence-electron chi connectivity index (χ0n) is 12.1. The van der Waals surface area contributed by atoms with Crippen LogP contribution >= 0.6 is 0 Å². The predicted molar refractivity (Wildman–Crippen MR) is 81.1 cm³/mol. The molecule has 1 unspecified atom stereocenters. The molecule has 0 spiro atoms. The Bertz CT molecular complexity index is 665. The summed E-state index contributed by atoms with van der Waals surface area (Å²) < 4.78 is 7.67. The Morgan fingerprint density at radius 1 is 1.52 bits per heavy atom. The van der Waals surface area contributed by atoms with Crippen LogP contribution in [0.3, 0.4) is 0 Å². The standard InChI is InChI=1S/C15H20N4O2/c1-2-8-21-12-5-3-4-11-14(12)18-15(16)19(11)9-10-6-7-13(20)17-10/h3-5,10H,2,6-9H2,1H3,(H2,16,18)(H,17,20). The number of aromatic nitrogens is 2. The van der Waals surface area contributed by atoms with E-state index in [2.05, 4.69) is 17.2 Å². The molecule has 3 rings (SSSR count). The Labute approximate surface area is 123 Å². The minimum absolute atomic E-state index is 0.106. The molecule has 112 valence electrons. The first-order chi connectivity index (χ1) is 10.2. The minimum atomic E-state index is 0.106. The van der Waals surface area contributed by atoms with E-state index in [1.165, 1.54) is 0 Å². The van der Waals surface area contributed by atoms with Gasteiger partial charge < -0.3 is 20.4 Å². The number of imidazole rings is 1. The summed E-state index contributed by atoms with van der Waals surface area (Å²) in [7, 11) is 0. The Kier molecular flexibility index (Phi) is 3.68. The molecule has 6 nitrogen and oxygen atoms in total. The molecular formula is C15H20N4O2. The highest BCUT2D eigenvalue weighted by Crippen LogP contribution is 2.28. The van der Waals surface area contributed by atoms with Crippen molar-refractivity contribution in [1.29, 1.82) is 0 Å². The predicted octanol–water partition coefficient (Wildman–Crippen LogP) is 1.69. The fourth-order valence-electron chi connectivity index (χ4n) is 2.69. The second-order valence-electron chi connectivity index (χ2n) is 5.36. The number of hydrogen-bond acceptors (Lipinski definition) is 4. The molecule has 2 heterocycles.